The Labute approximate surface area is 207 Å². The van der Waals surface area contributed by atoms with Crippen LogP contribution in [0.15, 0.2) is 42.7 Å². The first-order valence-electron chi connectivity index (χ1n) is 12.4. The Balaban J connectivity index is 1.41. The molecule has 2 aromatic rings. The number of hydrogen-bond donors (Lipinski definition) is 0. The number of rotatable bonds is 9. The van der Waals surface area contributed by atoms with Crippen molar-refractivity contribution >= 4 is 23.4 Å². The van der Waals surface area contributed by atoms with Crippen LogP contribution in [-0.4, -0.2) is 64.2 Å². The lowest BCUT2D eigenvalue weighted by Gasteiger charge is -2.43. The van der Waals surface area contributed by atoms with E-state index in [0.717, 1.165) is 58.3 Å². The highest BCUT2D eigenvalue weighted by molar-refractivity contribution is 6.30. The van der Waals surface area contributed by atoms with Crippen LogP contribution in [0.4, 0.5) is 0 Å². The first kappa shape index (κ1) is 24.6. The Kier molecular flexibility index (Phi) is 8.48. The molecule has 2 aliphatic heterocycles. The van der Waals surface area contributed by atoms with Crippen LogP contribution < -0.4 is 4.74 Å². The lowest BCUT2D eigenvalue weighted by molar-refractivity contribution is -0.142. The van der Waals surface area contributed by atoms with Gasteiger partial charge in [0.1, 0.15) is 5.75 Å². The Hall–Kier alpha value is -2.54. The van der Waals surface area contributed by atoms with Gasteiger partial charge in [-0.3, -0.25) is 14.3 Å². The normalized spacial score (nSPS) is 20.9. The number of carbonyl (C=O) groups excluding carboxylic acids is 2. The number of aromatic nitrogens is 2. The summed E-state index contributed by atoms with van der Waals surface area (Å²) in [5, 5.41) is 4.83. The SMILES string of the molecule is O=C(C[C@]1(COc2cccc(Cl)c2)CCCN(C(=O)CCCn2cccn2)C1)N1CCCCC1. The third-order valence-corrected chi connectivity index (χ3v) is 7.16. The van der Waals surface area contributed by atoms with Gasteiger partial charge in [-0.25, -0.2) is 0 Å². The van der Waals surface area contributed by atoms with Crippen molar-refractivity contribution in [2.45, 2.75) is 57.9 Å². The van der Waals surface area contributed by atoms with E-state index in [4.69, 9.17) is 16.3 Å². The van der Waals surface area contributed by atoms with Crippen molar-refractivity contribution in [1.29, 1.82) is 0 Å². The van der Waals surface area contributed by atoms with E-state index in [1.165, 1.54) is 6.42 Å². The van der Waals surface area contributed by atoms with Gasteiger partial charge in [0.05, 0.1) is 6.61 Å². The molecule has 2 fully saturated rings. The number of nitrogens with zero attached hydrogens (tertiary/aromatic N) is 4. The largest absolute Gasteiger partial charge is 0.493 e. The van der Waals surface area contributed by atoms with Gasteiger partial charge in [0.15, 0.2) is 0 Å². The summed E-state index contributed by atoms with van der Waals surface area (Å²) in [6.45, 7) is 4.07. The second-order valence-electron chi connectivity index (χ2n) is 9.66. The second-order valence-corrected chi connectivity index (χ2v) is 10.1. The number of piperidine rings is 2. The van der Waals surface area contributed by atoms with E-state index in [0.29, 0.717) is 36.8 Å². The fraction of sp³-hybridized carbons (Fsp3) is 0.577. The van der Waals surface area contributed by atoms with Crippen LogP contribution in [0.5, 0.6) is 5.75 Å². The van der Waals surface area contributed by atoms with E-state index in [1.807, 2.05) is 44.9 Å². The molecule has 0 radical (unpaired) electrons. The maximum Gasteiger partial charge on any atom is 0.223 e. The first-order valence-corrected chi connectivity index (χ1v) is 12.8. The zero-order chi connectivity index (χ0) is 23.8. The van der Waals surface area contributed by atoms with E-state index >= 15 is 0 Å². The molecule has 8 heteroatoms. The number of aryl methyl sites for hydroxylation is 1. The molecule has 1 atom stereocenters. The molecule has 1 aromatic carbocycles. The summed E-state index contributed by atoms with van der Waals surface area (Å²) >= 11 is 6.14. The van der Waals surface area contributed by atoms with Crippen LogP contribution in [0.25, 0.3) is 0 Å². The molecule has 4 rings (SSSR count). The topological polar surface area (TPSA) is 67.7 Å². The maximum absolute atomic E-state index is 13.3. The Bertz CT molecular complexity index is 945. The molecule has 184 valence electrons. The molecular formula is C26H35ClN4O3. The van der Waals surface area contributed by atoms with Gasteiger partial charge in [0.25, 0.3) is 0 Å². The van der Waals surface area contributed by atoms with Crippen molar-refractivity contribution in [3.8, 4) is 5.75 Å². The number of likely N-dealkylation sites (tertiary alicyclic amines) is 2. The average molecular weight is 487 g/mol. The number of halogens is 1. The minimum atomic E-state index is -0.396. The monoisotopic (exact) mass is 486 g/mol. The third kappa shape index (κ3) is 6.75. The molecule has 2 saturated heterocycles. The van der Waals surface area contributed by atoms with Crippen LogP contribution in [0.2, 0.25) is 5.02 Å². The summed E-state index contributed by atoms with van der Waals surface area (Å²) in [6.07, 6.45) is 10.4. The minimum absolute atomic E-state index is 0.143. The molecule has 0 bridgehead atoms. The molecule has 34 heavy (non-hydrogen) atoms. The Morgan fingerprint density at radius 3 is 2.62 bits per heavy atom. The Morgan fingerprint density at radius 1 is 1.03 bits per heavy atom. The summed E-state index contributed by atoms with van der Waals surface area (Å²) in [7, 11) is 0. The number of benzene rings is 1. The van der Waals surface area contributed by atoms with Gasteiger partial charge in [0.2, 0.25) is 11.8 Å². The van der Waals surface area contributed by atoms with Crippen LogP contribution in [0.3, 0.4) is 0 Å². The fourth-order valence-corrected chi connectivity index (χ4v) is 5.27. The summed E-state index contributed by atoms with van der Waals surface area (Å²) in [5.74, 6) is 1.02. The quantitative estimate of drug-likeness (QED) is 0.526. The highest BCUT2D eigenvalue weighted by Gasteiger charge is 2.40. The van der Waals surface area contributed by atoms with Gasteiger partial charge in [-0.1, -0.05) is 17.7 Å². The molecule has 0 spiro atoms. The highest BCUT2D eigenvalue weighted by atomic mass is 35.5. The molecule has 0 saturated carbocycles. The summed E-state index contributed by atoms with van der Waals surface area (Å²) in [4.78, 5) is 30.3. The number of carbonyl (C=O) groups is 2. The maximum atomic E-state index is 13.3. The van der Waals surface area contributed by atoms with Gasteiger partial charge in [-0.15, -0.1) is 0 Å². The van der Waals surface area contributed by atoms with Crippen molar-refractivity contribution in [3.63, 3.8) is 0 Å². The number of hydrogen-bond acceptors (Lipinski definition) is 4. The zero-order valence-corrected chi connectivity index (χ0v) is 20.6. The molecule has 1 aromatic heterocycles. The summed E-state index contributed by atoms with van der Waals surface area (Å²) in [5.41, 5.74) is -0.396. The Morgan fingerprint density at radius 2 is 1.85 bits per heavy atom. The molecule has 0 N–H and O–H groups in total. The van der Waals surface area contributed by atoms with Gasteiger partial charge in [-0.05, 0) is 62.8 Å². The predicted molar refractivity (Wildman–Crippen MR) is 132 cm³/mol. The summed E-state index contributed by atoms with van der Waals surface area (Å²) < 4.78 is 8.02. The number of amides is 2. The van der Waals surface area contributed by atoms with Crippen LogP contribution in [0.1, 0.15) is 51.4 Å². The van der Waals surface area contributed by atoms with Gasteiger partial charge in [-0.2, -0.15) is 5.10 Å². The third-order valence-electron chi connectivity index (χ3n) is 6.93. The number of ether oxygens (including phenoxy) is 1. The minimum Gasteiger partial charge on any atom is -0.493 e. The van der Waals surface area contributed by atoms with Crippen molar-refractivity contribution in [1.82, 2.24) is 19.6 Å². The van der Waals surface area contributed by atoms with Crippen molar-refractivity contribution in [2.24, 2.45) is 5.41 Å². The standard InChI is InChI=1S/C26H35ClN4O3/c27-22-8-4-9-23(18-22)34-21-26(19-25(33)29-13-2-1-3-14-29)11-6-15-30(20-26)24(32)10-5-16-31-17-7-12-28-31/h4,7-9,12,17-18H,1-3,5-6,10-11,13-16,19-21H2/t26-/m1/s1. The van der Waals surface area contributed by atoms with Gasteiger partial charge < -0.3 is 14.5 Å². The molecule has 7 nitrogen and oxygen atoms in total. The molecule has 3 heterocycles. The van der Waals surface area contributed by atoms with Crippen LogP contribution in [0, 0.1) is 5.41 Å². The smallest absolute Gasteiger partial charge is 0.223 e. The fourth-order valence-electron chi connectivity index (χ4n) is 5.09. The summed E-state index contributed by atoms with van der Waals surface area (Å²) in [6, 6.07) is 9.24. The predicted octanol–water partition coefficient (Wildman–Crippen LogP) is 4.41. The van der Waals surface area contributed by atoms with E-state index in [-0.39, 0.29) is 11.8 Å². The van der Waals surface area contributed by atoms with Crippen molar-refractivity contribution < 1.29 is 14.3 Å². The van der Waals surface area contributed by atoms with E-state index in [2.05, 4.69) is 5.10 Å². The second kappa shape index (κ2) is 11.7. The van der Waals surface area contributed by atoms with E-state index < -0.39 is 5.41 Å². The van der Waals surface area contributed by atoms with Crippen LogP contribution >= 0.6 is 11.6 Å². The first-order chi connectivity index (χ1) is 16.5. The molecule has 2 amide bonds. The van der Waals surface area contributed by atoms with Gasteiger partial charge >= 0.3 is 0 Å². The zero-order valence-electron chi connectivity index (χ0n) is 19.8. The average Bonchev–Trinajstić information content (AvgIpc) is 3.37. The van der Waals surface area contributed by atoms with Crippen molar-refractivity contribution in [3.05, 3.63) is 47.7 Å². The molecule has 2 aliphatic rings. The molecule has 0 aliphatic carbocycles. The molecular weight excluding hydrogens is 452 g/mol. The van der Waals surface area contributed by atoms with Gasteiger partial charge in [0, 0.05) is 68.4 Å². The van der Waals surface area contributed by atoms with Crippen LogP contribution in [-0.2, 0) is 16.1 Å². The van der Waals surface area contributed by atoms with E-state index in [9.17, 15) is 9.59 Å². The van der Waals surface area contributed by atoms with E-state index in [1.54, 1.807) is 12.3 Å². The molecule has 0 unspecified atom stereocenters. The lowest BCUT2D eigenvalue weighted by Crippen LogP contribution is -2.51. The lowest BCUT2D eigenvalue weighted by atomic mass is 9.77. The van der Waals surface area contributed by atoms with Crippen molar-refractivity contribution in [2.75, 3.05) is 32.8 Å². The highest BCUT2D eigenvalue weighted by Crippen LogP contribution is 2.36.